The Kier molecular flexibility index (Phi) is 10.7. The number of benzene rings is 10. The highest BCUT2D eigenvalue weighted by Crippen LogP contribution is 2.44. The molecule has 2 aromatic heterocycles. The van der Waals surface area contributed by atoms with Gasteiger partial charge in [-0.25, -0.2) is 4.99 Å². The molecule has 1 N–H and O–H groups in total. The third kappa shape index (κ3) is 7.57. The molecule has 1 aliphatic heterocycles. The van der Waals surface area contributed by atoms with E-state index >= 15 is 0 Å². The number of amidine groups is 1. The van der Waals surface area contributed by atoms with Gasteiger partial charge in [0, 0.05) is 38.6 Å². The summed E-state index contributed by atoms with van der Waals surface area (Å²) in [5.41, 5.74) is 18.0. The molecule has 0 spiro atoms. The van der Waals surface area contributed by atoms with E-state index in [0.717, 1.165) is 101 Å². The topological polar surface area (TPSA) is 46.6 Å². The molecule has 0 amide bonds. The van der Waals surface area contributed by atoms with Crippen molar-refractivity contribution in [3.63, 3.8) is 0 Å². The van der Waals surface area contributed by atoms with Gasteiger partial charge < -0.3 is 9.88 Å². The fourth-order valence-electron chi connectivity index (χ4n) is 11.3. The second-order valence-electron chi connectivity index (χ2n) is 19.3. The zero-order chi connectivity index (χ0) is 49.0. The third-order valence-electron chi connectivity index (χ3n) is 14.9. The molecule has 0 radical (unpaired) electrons. The summed E-state index contributed by atoms with van der Waals surface area (Å²) in [5, 5.41) is 8.43. The summed E-state index contributed by atoms with van der Waals surface area (Å²) in [6.07, 6.45) is 9.44. The number of hydrogen-bond acceptors (Lipinski definition) is 3. The first-order valence-electron chi connectivity index (χ1n) is 25.5. The van der Waals surface area contributed by atoms with Crippen molar-refractivity contribution in [1.82, 2.24) is 14.5 Å². The van der Waals surface area contributed by atoms with Gasteiger partial charge in [-0.15, -0.1) is 0 Å². The normalized spacial score (nSPS) is 15.4. The van der Waals surface area contributed by atoms with Crippen LogP contribution in [0.25, 0.3) is 93.8 Å². The molecule has 0 saturated carbocycles. The molecule has 0 fully saturated rings. The van der Waals surface area contributed by atoms with Gasteiger partial charge in [0.05, 0.1) is 27.8 Å². The van der Waals surface area contributed by atoms with Crippen LogP contribution >= 0.6 is 0 Å². The number of fused-ring (bicyclic) bond motifs is 7. The van der Waals surface area contributed by atoms with Crippen LogP contribution in [0.15, 0.2) is 277 Å². The number of hydrogen-bond donors (Lipinski definition) is 1. The van der Waals surface area contributed by atoms with Crippen LogP contribution in [0.2, 0.25) is 0 Å². The van der Waals surface area contributed by atoms with Crippen molar-refractivity contribution in [2.75, 3.05) is 0 Å². The monoisotopic (exact) mass is 947 g/mol. The molecule has 10 aromatic carbocycles. The Bertz CT molecular complexity index is 4250. The zero-order valence-corrected chi connectivity index (χ0v) is 40.6. The van der Waals surface area contributed by atoms with E-state index in [4.69, 9.17) is 9.98 Å². The predicted molar refractivity (Wildman–Crippen MR) is 309 cm³/mol. The fraction of sp³-hybridized carbons (Fsp3) is 0.0435. The van der Waals surface area contributed by atoms with Crippen LogP contribution in [0.3, 0.4) is 0 Å². The molecule has 2 atom stereocenters. The molecule has 2 unspecified atom stereocenters. The fourth-order valence-corrected chi connectivity index (χ4v) is 11.3. The Morgan fingerprint density at radius 2 is 0.919 bits per heavy atom. The quantitative estimate of drug-likeness (QED) is 0.162. The van der Waals surface area contributed by atoms with Gasteiger partial charge in [0.1, 0.15) is 12.0 Å². The molecule has 0 saturated heterocycles. The maximum Gasteiger partial charge on any atom is 0.234 e. The van der Waals surface area contributed by atoms with E-state index in [1.807, 2.05) is 0 Å². The molecular formula is C69H49N5. The van der Waals surface area contributed by atoms with Crippen LogP contribution in [0.4, 0.5) is 0 Å². The lowest BCUT2D eigenvalue weighted by Gasteiger charge is -2.25. The molecule has 12 aromatic rings. The van der Waals surface area contributed by atoms with Gasteiger partial charge in [-0.2, -0.15) is 4.99 Å². The second kappa shape index (κ2) is 18.2. The van der Waals surface area contributed by atoms with E-state index in [1.165, 1.54) is 22.1 Å². The number of nitrogens with zero attached hydrogens (tertiary/aromatic N) is 4. The van der Waals surface area contributed by atoms with Gasteiger partial charge in [0.25, 0.3) is 0 Å². The Morgan fingerprint density at radius 1 is 0.392 bits per heavy atom. The number of aromatic nitrogens is 2. The van der Waals surface area contributed by atoms with Gasteiger partial charge in [-0.1, -0.05) is 231 Å². The minimum atomic E-state index is -0.454. The molecule has 74 heavy (non-hydrogen) atoms. The molecule has 14 rings (SSSR count). The van der Waals surface area contributed by atoms with E-state index in [-0.39, 0.29) is 0 Å². The van der Waals surface area contributed by atoms with E-state index in [1.54, 1.807) is 0 Å². The summed E-state index contributed by atoms with van der Waals surface area (Å²) in [5.74, 6) is 1.72. The van der Waals surface area contributed by atoms with Gasteiger partial charge in [0.2, 0.25) is 5.96 Å². The molecule has 3 heterocycles. The van der Waals surface area contributed by atoms with Gasteiger partial charge in [0.15, 0.2) is 0 Å². The number of aliphatic imine (C=N–C) groups is 2. The van der Waals surface area contributed by atoms with Gasteiger partial charge in [-0.3, -0.25) is 4.57 Å². The summed E-state index contributed by atoms with van der Waals surface area (Å²) in [4.78, 5) is 11.3. The van der Waals surface area contributed by atoms with Crippen LogP contribution in [0, 0.1) is 0 Å². The van der Waals surface area contributed by atoms with Crippen LogP contribution in [-0.4, -0.2) is 20.9 Å². The average molecular weight is 948 g/mol. The Labute approximate surface area is 430 Å². The largest absolute Gasteiger partial charge is 0.344 e. The molecule has 0 bridgehead atoms. The SMILES string of the molecule is C1=CCC(c2cccc(-c3ccc(-n4c5ccccc5c5ccc6c7ccccc7n(C7=NC(c8cccc(-c9ccccc9)c8)NC(c8cccc(-c9ccccc9)c8)=N7)c6c54)c(-c4ccccc4)c3)c2)C=C1. The summed E-state index contributed by atoms with van der Waals surface area (Å²) in [6, 6.07) is 87.7. The molecule has 350 valence electrons. The van der Waals surface area contributed by atoms with E-state index in [0.29, 0.717) is 11.9 Å². The Morgan fingerprint density at radius 3 is 1.59 bits per heavy atom. The summed E-state index contributed by atoms with van der Waals surface area (Å²) in [7, 11) is 0. The first-order chi connectivity index (χ1) is 36.7. The van der Waals surface area contributed by atoms with Crippen molar-refractivity contribution < 1.29 is 0 Å². The number of rotatable bonds is 8. The van der Waals surface area contributed by atoms with Crippen molar-refractivity contribution in [2.45, 2.75) is 18.5 Å². The van der Waals surface area contributed by atoms with E-state index < -0.39 is 6.17 Å². The standard InChI is InChI=1S/C69H49N5/c1-5-20-46(21-6-1)50-28-17-31-53(42-50)54-38-41-64(61(45-54)49-26-11-4-12-27-49)73-62-36-15-13-34-57(62)59-39-40-60-58-35-14-16-37-63(58)74(66(60)65(59)73)69-71-67(55-32-18-29-51(43-55)47-22-7-2-8-23-47)70-68(72-69)56-33-19-30-52(44-56)48-24-9-3-10-25-48/h1-20,22-46,67H,21H2,(H,70,71,72). The Hall–Kier alpha value is -9.58. The van der Waals surface area contributed by atoms with E-state index in [2.05, 4.69) is 281 Å². The lowest BCUT2D eigenvalue weighted by Crippen LogP contribution is -2.35. The highest BCUT2D eigenvalue weighted by Gasteiger charge is 2.28. The van der Waals surface area contributed by atoms with Crippen LogP contribution in [-0.2, 0) is 0 Å². The summed E-state index contributed by atoms with van der Waals surface area (Å²) >= 11 is 0. The van der Waals surface area contributed by atoms with Crippen molar-refractivity contribution in [1.29, 1.82) is 0 Å². The molecule has 1 aliphatic carbocycles. The molecule has 5 heteroatoms. The Balaban J connectivity index is 1.03. The van der Waals surface area contributed by atoms with E-state index in [9.17, 15) is 0 Å². The maximum absolute atomic E-state index is 5.66. The van der Waals surface area contributed by atoms with Crippen LogP contribution in [0.1, 0.15) is 35.2 Å². The number of nitrogens with one attached hydrogen (secondary N) is 1. The lowest BCUT2D eigenvalue weighted by atomic mass is 9.89. The minimum Gasteiger partial charge on any atom is -0.344 e. The van der Waals surface area contributed by atoms with Gasteiger partial charge >= 0.3 is 0 Å². The van der Waals surface area contributed by atoms with Crippen LogP contribution in [0.5, 0.6) is 0 Å². The summed E-state index contributed by atoms with van der Waals surface area (Å²) in [6.45, 7) is 0. The van der Waals surface area contributed by atoms with Crippen molar-refractivity contribution in [2.24, 2.45) is 9.98 Å². The lowest BCUT2D eigenvalue weighted by molar-refractivity contribution is 0.669. The molecule has 5 nitrogen and oxygen atoms in total. The highest BCUT2D eigenvalue weighted by molar-refractivity contribution is 6.27. The third-order valence-corrected chi connectivity index (χ3v) is 14.9. The zero-order valence-electron chi connectivity index (χ0n) is 40.6. The highest BCUT2D eigenvalue weighted by atomic mass is 15.3. The van der Waals surface area contributed by atoms with Crippen molar-refractivity contribution in [3.05, 3.63) is 284 Å². The average Bonchev–Trinajstić information content (AvgIpc) is 4.07. The predicted octanol–water partition coefficient (Wildman–Crippen LogP) is 17.1. The summed E-state index contributed by atoms with van der Waals surface area (Å²) < 4.78 is 4.83. The maximum atomic E-state index is 5.66. The second-order valence-corrected chi connectivity index (χ2v) is 19.3. The minimum absolute atomic E-state index is 0.360. The first kappa shape index (κ1) is 43.2. The molecular weight excluding hydrogens is 899 g/mol. The first-order valence-corrected chi connectivity index (χ1v) is 25.5. The van der Waals surface area contributed by atoms with Crippen molar-refractivity contribution in [3.8, 4) is 50.2 Å². The van der Waals surface area contributed by atoms with Gasteiger partial charge in [-0.05, 0) is 92.9 Å². The number of para-hydroxylation sites is 2. The van der Waals surface area contributed by atoms with Crippen molar-refractivity contribution >= 4 is 55.4 Å². The number of allylic oxidation sites excluding steroid dienone is 4. The van der Waals surface area contributed by atoms with Crippen LogP contribution < -0.4 is 5.32 Å². The smallest absolute Gasteiger partial charge is 0.234 e. The molecule has 2 aliphatic rings.